The lowest BCUT2D eigenvalue weighted by molar-refractivity contribution is -0.136. The average molecular weight is 358 g/mol. The minimum absolute atomic E-state index is 0.120. The molecule has 0 heterocycles. The van der Waals surface area contributed by atoms with Crippen LogP contribution in [0.4, 0.5) is 0 Å². The van der Waals surface area contributed by atoms with Gasteiger partial charge in [0.2, 0.25) is 0 Å². The van der Waals surface area contributed by atoms with E-state index in [1.54, 1.807) is 12.2 Å². The van der Waals surface area contributed by atoms with Crippen molar-refractivity contribution in [2.24, 2.45) is 11.8 Å². The minimum atomic E-state index is -0.774. The van der Waals surface area contributed by atoms with Crippen LogP contribution in [0.5, 0.6) is 0 Å². The Morgan fingerprint density at radius 2 is 1.81 bits per heavy atom. The Hall–Kier alpha value is -2.20. The van der Waals surface area contributed by atoms with Gasteiger partial charge in [0.05, 0.1) is 6.10 Å². The second kappa shape index (κ2) is 13.1. The zero-order valence-electron chi connectivity index (χ0n) is 15.5. The summed E-state index contributed by atoms with van der Waals surface area (Å²) in [4.78, 5) is 22.1. The number of aliphatic hydroxyl groups is 1. The molecule has 0 aromatic heterocycles. The summed E-state index contributed by atoms with van der Waals surface area (Å²) < 4.78 is 0. The van der Waals surface area contributed by atoms with Crippen LogP contribution in [0.25, 0.3) is 0 Å². The van der Waals surface area contributed by atoms with E-state index in [1.165, 1.54) is 0 Å². The van der Waals surface area contributed by atoms with Crippen LogP contribution in [-0.4, -0.2) is 28.1 Å². The van der Waals surface area contributed by atoms with Crippen molar-refractivity contribution in [3.8, 4) is 0 Å². The Morgan fingerprint density at radius 3 is 2.46 bits per heavy atom. The number of allylic oxidation sites excluding steroid dienone is 8. The molecule has 0 spiro atoms. The third kappa shape index (κ3) is 9.33. The summed E-state index contributed by atoms with van der Waals surface area (Å²) in [6, 6.07) is 0. The highest BCUT2D eigenvalue weighted by Gasteiger charge is 2.26. The van der Waals surface area contributed by atoms with Crippen molar-refractivity contribution in [3.05, 3.63) is 60.8 Å². The summed E-state index contributed by atoms with van der Waals surface area (Å²) in [6.45, 7) is 2.06. The van der Waals surface area contributed by atoms with E-state index in [9.17, 15) is 14.7 Å². The molecule has 1 aliphatic carbocycles. The fraction of sp³-hybridized carbons (Fsp3) is 0.455. The zero-order valence-corrected chi connectivity index (χ0v) is 15.5. The molecule has 0 aromatic rings. The van der Waals surface area contributed by atoms with Crippen molar-refractivity contribution in [1.29, 1.82) is 0 Å². The maximum Gasteiger partial charge on any atom is 0.303 e. The number of hydrogen-bond donors (Lipinski definition) is 2. The molecule has 1 aliphatic rings. The van der Waals surface area contributed by atoms with Gasteiger partial charge in [-0.25, -0.2) is 0 Å². The zero-order chi connectivity index (χ0) is 19.2. The van der Waals surface area contributed by atoms with Crippen LogP contribution in [0.3, 0.4) is 0 Å². The van der Waals surface area contributed by atoms with Gasteiger partial charge in [0.15, 0.2) is 5.78 Å². The minimum Gasteiger partial charge on any atom is -0.481 e. The average Bonchev–Trinajstić information content (AvgIpc) is 2.97. The number of rotatable bonds is 12. The molecule has 142 valence electrons. The van der Waals surface area contributed by atoms with Crippen LogP contribution in [0.1, 0.15) is 45.4 Å². The standard InChI is InChI=1S/C22H30O4/c1-2-18-14-17-21(24)20(18)16-15-19(23)12-10-8-6-4-3-5-7-9-11-13-22(25)26/h3-4,7-10,14-20,23H,2,5-6,11-13H2,1H3,(H,25,26)/b4-3-,9-7-,10-8-,16-15+/t18-,19-,20-/m1/s1. The highest BCUT2D eigenvalue weighted by Crippen LogP contribution is 2.26. The highest BCUT2D eigenvalue weighted by molar-refractivity contribution is 5.95. The number of carboxylic acids is 1. The molecule has 0 unspecified atom stereocenters. The number of carbonyl (C=O) groups is 2. The van der Waals surface area contributed by atoms with E-state index in [4.69, 9.17) is 5.11 Å². The third-order valence-electron chi connectivity index (χ3n) is 4.26. The van der Waals surface area contributed by atoms with Gasteiger partial charge >= 0.3 is 5.97 Å². The molecule has 4 nitrogen and oxygen atoms in total. The number of ketones is 1. The second-order valence-electron chi connectivity index (χ2n) is 6.37. The number of carboxylic acid groups (broad SMARTS) is 1. The van der Waals surface area contributed by atoms with E-state index in [2.05, 4.69) is 6.92 Å². The lowest BCUT2D eigenvalue weighted by atomic mass is 9.92. The van der Waals surface area contributed by atoms with Crippen LogP contribution in [0.15, 0.2) is 60.8 Å². The molecule has 0 aliphatic heterocycles. The van der Waals surface area contributed by atoms with Gasteiger partial charge < -0.3 is 10.2 Å². The first-order valence-electron chi connectivity index (χ1n) is 9.29. The van der Waals surface area contributed by atoms with E-state index in [0.717, 1.165) is 19.3 Å². The summed E-state index contributed by atoms with van der Waals surface area (Å²) >= 11 is 0. The van der Waals surface area contributed by atoms with Crippen molar-refractivity contribution >= 4 is 11.8 Å². The van der Waals surface area contributed by atoms with Crippen LogP contribution in [0.2, 0.25) is 0 Å². The van der Waals surface area contributed by atoms with E-state index in [1.807, 2.05) is 48.6 Å². The second-order valence-corrected chi connectivity index (χ2v) is 6.37. The van der Waals surface area contributed by atoms with Crippen molar-refractivity contribution in [2.75, 3.05) is 0 Å². The lowest BCUT2D eigenvalue weighted by Crippen LogP contribution is -2.13. The van der Waals surface area contributed by atoms with Gasteiger partial charge in [-0.05, 0) is 44.1 Å². The fourth-order valence-electron chi connectivity index (χ4n) is 2.72. The van der Waals surface area contributed by atoms with E-state index in [0.29, 0.717) is 12.8 Å². The summed E-state index contributed by atoms with van der Waals surface area (Å²) in [6.07, 6.45) is 22.2. The number of hydrogen-bond acceptors (Lipinski definition) is 3. The van der Waals surface area contributed by atoms with Gasteiger partial charge in [-0.3, -0.25) is 9.59 Å². The molecule has 0 saturated heterocycles. The molecule has 2 N–H and O–H groups in total. The predicted octanol–water partition coefficient (Wildman–Crippen LogP) is 4.39. The molecule has 4 heteroatoms. The van der Waals surface area contributed by atoms with Gasteiger partial charge in [0, 0.05) is 12.3 Å². The molecule has 0 aromatic carbocycles. The quantitative estimate of drug-likeness (QED) is 0.507. The van der Waals surface area contributed by atoms with Crippen LogP contribution >= 0.6 is 0 Å². The Kier molecular flexibility index (Phi) is 11.0. The molecule has 0 bridgehead atoms. The largest absolute Gasteiger partial charge is 0.481 e. The Bertz CT molecular complexity index is 581. The summed E-state index contributed by atoms with van der Waals surface area (Å²) in [5.41, 5.74) is 0. The van der Waals surface area contributed by atoms with Gasteiger partial charge in [-0.2, -0.15) is 0 Å². The highest BCUT2D eigenvalue weighted by atomic mass is 16.4. The van der Waals surface area contributed by atoms with E-state index < -0.39 is 12.1 Å². The third-order valence-corrected chi connectivity index (χ3v) is 4.26. The molecule has 3 atom stereocenters. The molecular formula is C22H30O4. The molecular weight excluding hydrogens is 328 g/mol. The van der Waals surface area contributed by atoms with Crippen LogP contribution in [-0.2, 0) is 9.59 Å². The Labute approximate surface area is 156 Å². The van der Waals surface area contributed by atoms with Crippen molar-refractivity contribution in [3.63, 3.8) is 0 Å². The molecule has 0 fully saturated rings. The Balaban J connectivity index is 2.17. The maximum absolute atomic E-state index is 11.8. The topological polar surface area (TPSA) is 74.6 Å². The first-order valence-corrected chi connectivity index (χ1v) is 9.29. The monoisotopic (exact) mass is 358 g/mol. The van der Waals surface area contributed by atoms with Crippen molar-refractivity contribution in [2.45, 2.75) is 51.6 Å². The fourth-order valence-corrected chi connectivity index (χ4v) is 2.72. The number of carbonyl (C=O) groups excluding carboxylic acids is 1. The normalized spacial score (nSPS) is 21.8. The van der Waals surface area contributed by atoms with Gasteiger partial charge in [-0.1, -0.05) is 61.6 Å². The summed E-state index contributed by atoms with van der Waals surface area (Å²) in [7, 11) is 0. The molecule has 26 heavy (non-hydrogen) atoms. The molecule has 0 amide bonds. The van der Waals surface area contributed by atoms with E-state index >= 15 is 0 Å². The number of aliphatic carboxylic acids is 1. The van der Waals surface area contributed by atoms with Crippen molar-refractivity contribution in [1.82, 2.24) is 0 Å². The SMILES string of the molecule is CC[C@@H]1C=CC(=O)[C@@H]1/C=C/[C@H](O)C/C=C\C/C=C\C/C=C\CCC(=O)O. The smallest absolute Gasteiger partial charge is 0.303 e. The first kappa shape index (κ1) is 21.8. The first-order chi connectivity index (χ1) is 12.5. The molecule has 0 saturated carbocycles. The summed E-state index contributed by atoms with van der Waals surface area (Å²) in [5, 5.41) is 18.5. The van der Waals surface area contributed by atoms with Gasteiger partial charge in [-0.15, -0.1) is 0 Å². The molecule has 0 radical (unpaired) electrons. The van der Waals surface area contributed by atoms with Crippen molar-refractivity contribution < 1.29 is 19.8 Å². The number of aliphatic hydroxyl groups excluding tert-OH is 1. The van der Waals surface area contributed by atoms with Crippen LogP contribution in [0, 0.1) is 11.8 Å². The maximum atomic E-state index is 11.8. The van der Waals surface area contributed by atoms with Gasteiger partial charge in [0.1, 0.15) is 0 Å². The Morgan fingerprint density at radius 1 is 1.15 bits per heavy atom. The summed E-state index contributed by atoms with van der Waals surface area (Å²) in [5.74, 6) is -0.517. The lowest BCUT2D eigenvalue weighted by Gasteiger charge is -2.12. The van der Waals surface area contributed by atoms with Crippen LogP contribution < -0.4 is 0 Å². The van der Waals surface area contributed by atoms with E-state index in [-0.39, 0.29) is 24.0 Å². The van der Waals surface area contributed by atoms with Gasteiger partial charge in [0.25, 0.3) is 0 Å². The predicted molar refractivity (Wildman–Crippen MR) is 105 cm³/mol. The molecule has 1 rings (SSSR count).